The normalized spacial score (nSPS) is 13.0. The number of benzene rings is 3. The Morgan fingerprint density at radius 2 is 1.66 bits per heavy atom. The summed E-state index contributed by atoms with van der Waals surface area (Å²) < 4.78 is 1.17. The number of carboxylic acid groups (broad SMARTS) is 1. The summed E-state index contributed by atoms with van der Waals surface area (Å²) in [4.78, 5) is 24.7. The van der Waals surface area contributed by atoms with Gasteiger partial charge in [0.15, 0.2) is 0 Å². The van der Waals surface area contributed by atoms with Crippen LogP contribution in [0.25, 0.3) is 22.0 Å². The van der Waals surface area contributed by atoms with Gasteiger partial charge in [0, 0.05) is 11.6 Å². The predicted molar refractivity (Wildman–Crippen MR) is 135 cm³/mol. The Hall–Kier alpha value is -3.55. The standard InChI is InChI=1S/C27H26ClN3O4/c1-17-3-2-4-23-25(17)26(33)31(30-29-23)16-15-22(27(34)35)24(32)14-7-18-5-8-19(9-6-18)20-10-12-21(28)13-11-20/h2-6,8-13,22,24,32H,7,14-16H2,1H3,(H,34,35)/t22-,24+/m0/s1. The lowest BCUT2D eigenvalue weighted by Gasteiger charge is -2.19. The van der Waals surface area contributed by atoms with E-state index in [-0.39, 0.29) is 24.9 Å². The molecule has 7 nitrogen and oxygen atoms in total. The van der Waals surface area contributed by atoms with Crippen molar-refractivity contribution in [1.82, 2.24) is 15.0 Å². The van der Waals surface area contributed by atoms with E-state index in [0.29, 0.717) is 22.3 Å². The Kier molecular flexibility index (Phi) is 7.58. The average molecular weight is 492 g/mol. The molecule has 1 heterocycles. The van der Waals surface area contributed by atoms with Gasteiger partial charge in [-0.15, -0.1) is 5.10 Å². The van der Waals surface area contributed by atoms with E-state index >= 15 is 0 Å². The largest absolute Gasteiger partial charge is 0.481 e. The fraction of sp³-hybridized carbons (Fsp3) is 0.259. The number of aryl methyl sites for hydroxylation is 3. The monoisotopic (exact) mass is 491 g/mol. The molecule has 35 heavy (non-hydrogen) atoms. The Labute approximate surface area is 207 Å². The van der Waals surface area contributed by atoms with Gasteiger partial charge in [-0.05, 0) is 66.6 Å². The number of fused-ring (bicyclic) bond motifs is 1. The highest BCUT2D eigenvalue weighted by Crippen LogP contribution is 2.23. The summed E-state index contributed by atoms with van der Waals surface area (Å²) in [5.41, 5.74) is 4.07. The summed E-state index contributed by atoms with van der Waals surface area (Å²) in [6.45, 7) is 1.88. The van der Waals surface area contributed by atoms with Crippen LogP contribution in [0.4, 0.5) is 0 Å². The van der Waals surface area contributed by atoms with Crippen molar-refractivity contribution in [1.29, 1.82) is 0 Å². The Bertz CT molecular complexity index is 1380. The molecule has 0 aliphatic heterocycles. The highest BCUT2D eigenvalue weighted by Gasteiger charge is 2.26. The molecule has 0 saturated carbocycles. The number of aromatic nitrogens is 3. The van der Waals surface area contributed by atoms with Crippen LogP contribution < -0.4 is 5.56 Å². The zero-order valence-electron chi connectivity index (χ0n) is 19.3. The second-order valence-corrected chi connectivity index (χ2v) is 9.07. The SMILES string of the molecule is Cc1cccc2nnn(CC[C@H](C(=O)O)[C@H](O)CCc3ccc(-c4ccc(Cl)cc4)cc3)c(=O)c12. The maximum absolute atomic E-state index is 12.8. The Morgan fingerprint density at radius 3 is 2.31 bits per heavy atom. The molecule has 0 spiro atoms. The quantitative estimate of drug-likeness (QED) is 0.357. The first-order valence-corrected chi connectivity index (χ1v) is 11.8. The van der Waals surface area contributed by atoms with E-state index in [0.717, 1.165) is 22.3 Å². The lowest BCUT2D eigenvalue weighted by Crippen LogP contribution is -2.32. The lowest BCUT2D eigenvalue weighted by molar-refractivity contribution is -0.146. The van der Waals surface area contributed by atoms with E-state index in [4.69, 9.17) is 11.6 Å². The number of hydrogen-bond acceptors (Lipinski definition) is 5. The summed E-state index contributed by atoms with van der Waals surface area (Å²) in [5, 5.41) is 29.5. The number of rotatable bonds is 9. The molecular formula is C27H26ClN3O4. The van der Waals surface area contributed by atoms with Crippen molar-refractivity contribution < 1.29 is 15.0 Å². The third-order valence-electron chi connectivity index (χ3n) is 6.25. The van der Waals surface area contributed by atoms with Crippen LogP contribution in [0.2, 0.25) is 5.02 Å². The van der Waals surface area contributed by atoms with Gasteiger partial charge in [0.1, 0.15) is 5.52 Å². The molecule has 4 rings (SSSR count). The summed E-state index contributed by atoms with van der Waals surface area (Å²) in [6.07, 6.45) is -0.178. The van der Waals surface area contributed by atoms with Crippen molar-refractivity contribution in [3.63, 3.8) is 0 Å². The molecule has 0 aliphatic rings. The van der Waals surface area contributed by atoms with E-state index in [1.54, 1.807) is 12.1 Å². The van der Waals surface area contributed by atoms with Gasteiger partial charge in [-0.3, -0.25) is 9.59 Å². The van der Waals surface area contributed by atoms with Crippen LogP contribution in [0.15, 0.2) is 71.5 Å². The summed E-state index contributed by atoms with van der Waals surface area (Å²) >= 11 is 5.95. The van der Waals surface area contributed by atoms with Gasteiger partial charge in [-0.1, -0.05) is 65.3 Å². The number of hydrogen-bond donors (Lipinski definition) is 2. The lowest BCUT2D eigenvalue weighted by atomic mass is 9.93. The summed E-state index contributed by atoms with van der Waals surface area (Å²) in [6, 6.07) is 20.8. The van der Waals surface area contributed by atoms with Gasteiger partial charge in [0.05, 0.1) is 17.4 Å². The number of carbonyl (C=O) groups is 1. The van der Waals surface area contributed by atoms with Gasteiger partial charge in [0.25, 0.3) is 5.56 Å². The fourth-order valence-electron chi connectivity index (χ4n) is 4.20. The first-order valence-electron chi connectivity index (χ1n) is 11.4. The molecule has 3 aromatic carbocycles. The molecule has 2 atom stereocenters. The number of aliphatic hydroxyl groups is 1. The van der Waals surface area contributed by atoms with Crippen molar-refractivity contribution in [2.24, 2.45) is 5.92 Å². The van der Waals surface area contributed by atoms with E-state index < -0.39 is 18.0 Å². The van der Waals surface area contributed by atoms with Gasteiger partial charge in [0.2, 0.25) is 0 Å². The van der Waals surface area contributed by atoms with E-state index in [1.165, 1.54) is 4.68 Å². The van der Waals surface area contributed by atoms with Gasteiger partial charge < -0.3 is 10.2 Å². The molecule has 0 aliphatic carbocycles. The molecule has 0 amide bonds. The smallest absolute Gasteiger partial charge is 0.309 e. The van der Waals surface area contributed by atoms with Crippen LogP contribution in [0, 0.1) is 12.8 Å². The van der Waals surface area contributed by atoms with E-state index in [9.17, 15) is 19.8 Å². The fourth-order valence-corrected chi connectivity index (χ4v) is 4.32. The summed E-state index contributed by atoms with van der Waals surface area (Å²) in [5.74, 6) is -2.13. The molecule has 0 unspecified atom stereocenters. The molecule has 8 heteroatoms. The number of nitrogens with zero attached hydrogens (tertiary/aromatic N) is 3. The molecule has 1 aromatic heterocycles. The molecule has 4 aromatic rings. The topological polar surface area (TPSA) is 105 Å². The van der Waals surface area contributed by atoms with Crippen LogP contribution in [-0.4, -0.2) is 37.3 Å². The van der Waals surface area contributed by atoms with Crippen molar-refractivity contribution >= 4 is 28.5 Å². The van der Waals surface area contributed by atoms with Crippen LogP contribution in [-0.2, 0) is 17.8 Å². The minimum Gasteiger partial charge on any atom is -0.481 e. The average Bonchev–Trinajstić information content (AvgIpc) is 2.85. The minimum absolute atomic E-state index is 0.0555. The molecule has 0 saturated heterocycles. The Morgan fingerprint density at radius 1 is 1.00 bits per heavy atom. The molecule has 0 bridgehead atoms. The number of aliphatic carboxylic acids is 1. The van der Waals surface area contributed by atoms with Crippen LogP contribution in [0.5, 0.6) is 0 Å². The van der Waals surface area contributed by atoms with Crippen molar-refractivity contribution in [2.45, 2.75) is 38.8 Å². The highest BCUT2D eigenvalue weighted by molar-refractivity contribution is 6.30. The first-order chi connectivity index (χ1) is 16.8. The second kappa shape index (κ2) is 10.8. The van der Waals surface area contributed by atoms with Gasteiger partial charge in [-0.25, -0.2) is 4.68 Å². The first kappa shape index (κ1) is 24.6. The molecule has 2 N–H and O–H groups in total. The van der Waals surface area contributed by atoms with Crippen LogP contribution in [0.1, 0.15) is 24.0 Å². The van der Waals surface area contributed by atoms with Crippen molar-refractivity contribution in [3.8, 4) is 11.1 Å². The number of carboxylic acids is 1. The maximum atomic E-state index is 12.8. The second-order valence-electron chi connectivity index (χ2n) is 8.63. The van der Waals surface area contributed by atoms with Crippen LogP contribution in [0.3, 0.4) is 0 Å². The van der Waals surface area contributed by atoms with E-state index in [2.05, 4.69) is 10.3 Å². The third kappa shape index (κ3) is 5.75. The van der Waals surface area contributed by atoms with Gasteiger partial charge >= 0.3 is 5.97 Å². The third-order valence-corrected chi connectivity index (χ3v) is 6.51. The maximum Gasteiger partial charge on any atom is 0.309 e. The van der Waals surface area contributed by atoms with Crippen LogP contribution >= 0.6 is 11.6 Å². The zero-order valence-corrected chi connectivity index (χ0v) is 20.0. The van der Waals surface area contributed by atoms with Gasteiger partial charge in [-0.2, -0.15) is 0 Å². The minimum atomic E-state index is -1.10. The van der Waals surface area contributed by atoms with Crippen molar-refractivity contribution in [3.05, 3.63) is 93.2 Å². The molecule has 180 valence electrons. The Balaban J connectivity index is 1.39. The molecule has 0 radical (unpaired) electrons. The summed E-state index contributed by atoms with van der Waals surface area (Å²) in [7, 11) is 0. The zero-order chi connectivity index (χ0) is 24.9. The number of halogens is 1. The molecular weight excluding hydrogens is 466 g/mol. The van der Waals surface area contributed by atoms with Crippen molar-refractivity contribution in [2.75, 3.05) is 0 Å². The predicted octanol–water partition coefficient (Wildman–Crippen LogP) is 4.50. The molecule has 0 fully saturated rings. The number of aliphatic hydroxyl groups excluding tert-OH is 1. The van der Waals surface area contributed by atoms with E-state index in [1.807, 2.05) is 61.5 Å². The highest BCUT2D eigenvalue weighted by atomic mass is 35.5.